The predicted molar refractivity (Wildman–Crippen MR) is 97.3 cm³/mol. The number of fused-ring (bicyclic) bond motifs is 1. The summed E-state index contributed by atoms with van der Waals surface area (Å²) in [5.41, 5.74) is -0.207. The second-order valence-corrected chi connectivity index (χ2v) is 11.1. The maximum absolute atomic E-state index is 11.9. The molecule has 0 aromatic heterocycles. The van der Waals surface area contributed by atoms with Gasteiger partial charge in [0.25, 0.3) is 0 Å². The molecule has 2 aromatic carbocycles. The molecule has 0 fully saturated rings. The van der Waals surface area contributed by atoms with E-state index in [1.807, 2.05) is 0 Å². The molecule has 10 heteroatoms. The van der Waals surface area contributed by atoms with Gasteiger partial charge >= 0.3 is 59.1 Å². The van der Waals surface area contributed by atoms with Crippen LogP contribution >= 0.6 is 0 Å². The van der Waals surface area contributed by atoms with Crippen molar-refractivity contribution in [2.45, 2.75) is 62.2 Å². The van der Waals surface area contributed by atoms with Gasteiger partial charge in [0.2, 0.25) is 0 Å². The third-order valence-corrected chi connectivity index (χ3v) is 6.02. The molecule has 0 heterocycles. The van der Waals surface area contributed by atoms with Gasteiger partial charge < -0.3 is 9.11 Å². The molecule has 6 nitrogen and oxygen atoms in total. The van der Waals surface area contributed by atoms with Crippen LogP contribution in [0.5, 0.6) is 0 Å². The van der Waals surface area contributed by atoms with Crippen molar-refractivity contribution in [2.24, 2.45) is 0 Å². The van der Waals surface area contributed by atoms with Crippen LogP contribution in [0.4, 0.5) is 0 Å². The molecule has 0 bridgehead atoms. The maximum Gasteiger partial charge on any atom is 1.00 e. The maximum atomic E-state index is 11.9. The van der Waals surface area contributed by atoms with Crippen LogP contribution in [-0.4, -0.2) is 25.9 Å². The van der Waals surface area contributed by atoms with Gasteiger partial charge in [-0.3, -0.25) is 0 Å². The standard InChI is InChI=1S/C18H24O6S2.2Na/c1-17(2,3)11-7-13-14(15(9-11)25(19,20)21)8-12(18(4,5)6)10-16(13)26(22,23)24;;/h7-10H,1-6H3,(H,19,20,21)(H,22,23,24);;/q;2*+1/p-2. The molecular formula is C18H22Na2O6S2. The number of rotatable bonds is 2. The van der Waals surface area contributed by atoms with E-state index in [1.54, 1.807) is 41.5 Å². The molecule has 0 radical (unpaired) electrons. The zero-order valence-electron chi connectivity index (χ0n) is 17.6. The summed E-state index contributed by atoms with van der Waals surface area (Å²) >= 11 is 0. The predicted octanol–water partition coefficient (Wildman–Crippen LogP) is -2.75. The van der Waals surface area contributed by atoms with Gasteiger partial charge in [-0.05, 0) is 46.2 Å². The molecule has 0 saturated heterocycles. The third kappa shape index (κ3) is 6.26. The summed E-state index contributed by atoms with van der Waals surface area (Å²) in [6, 6.07) is 5.47. The second kappa shape index (κ2) is 8.94. The Morgan fingerprint density at radius 3 is 1.04 bits per heavy atom. The first kappa shape index (κ1) is 28.5. The normalized spacial score (nSPS) is 13.0. The number of hydrogen-bond donors (Lipinski definition) is 0. The summed E-state index contributed by atoms with van der Waals surface area (Å²) in [5.74, 6) is 0. The Bertz CT molecular complexity index is 1000. The molecule has 0 saturated carbocycles. The molecule has 2 rings (SSSR count). The second-order valence-electron chi connectivity index (χ2n) is 8.45. The molecule has 0 aliphatic rings. The molecule has 0 aliphatic carbocycles. The van der Waals surface area contributed by atoms with Crippen LogP contribution in [0.25, 0.3) is 10.8 Å². The Morgan fingerprint density at radius 1 is 0.607 bits per heavy atom. The van der Waals surface area contributed by atoms with E-state index < -0.39 is 40.9 Å². The first-order valence-corrected chi connectivity index (χ1v) is 10.8. The molecule has 2 aromatic rings. The molecular weight excluding hydrogens is 422 g/mol. The first-order valence-electron chi connectivity index (χ1n) is 7.97. The Morgan fingerprint density at radius 2 is 0.857 bits per heavy atom. The monoisotopic (exact) mass is 444 g/mol. The van der Waals surface area contributed by atoms with Crippen LogP contribution in [0.2, 0.25) is 0 Å². The summed E-state index contributed by atoms with van der Waals surface area (Å²) in [4.78, 5) is -1.04. The molecule has 0 N–H and O–H groups in total. The number of hydrogen-bond acceptors (Lipinski definition) is 6. The third-order valence-electron chi connectivity index (χ3n) is 4.26. The fourth-order valence-corrected chi connectivity index (χ4v) is 4.09. The van der Waals surface area contributed by atoms with Crippen molar-refractivity contribution in [2.75, 3.05) is 0 Å². The molecule has 28 heavy (non-hydrogen) atoms. The van der Waals surface area contributed by atoms with Gasteiger partial charge in [-0.25, -0.2) is 16.8 Å². The SMILES string of the molecule is CC(C)(C)c1cc(S(=O)(=O)[O-])c2cc(C(C)(C)C)cc(S(=O)(=O)[O-])c2c1.[Na+].[Na+]. The Labute approximate surface area is 211 Å². The molecule has 0 unspecified atom stereocenters. The average Bonchev–Trinajstić information content (AvgIpc) is 2.40. The number of benzene rings is 2. The molecule has 0 amide bonds. The Balaban J connectivity index is 0.00000364. The Kier molecular flexibility index (Phi) is 9.11. The van der Waals surface area contributed by atoms with Gasteiger partial charge in [-0.2, -0.15) is 0 Å². The summed E-state index contributed by atoms with van der Waals surface area (Å²) in [6.07, 6.45) is 0. The fraction of sp³-hybridized carbons (Fsp3) is 0.444. The van der Waals surface area contributed by atoms with Crippen LogP contribution in [0.15, 0.2) is 34.1 Å². The van der Waals surface area contributed by atoms with E-state index in [1.165, 1.54) is 24.3 Å². The van der Waals surface area contributed by atoms with Crippen LogP contribution in [0, 0.1) is 0 Å². The van der Waals surface area contributed by atoms with Crippen molar-refractivity contribution in [3.05, 3.63) is 35.4 Å². The van der Waals surface area contributed by atoms with Gasteiger partial charge in [0.05, 0.1) is 9.79 Å². The Hall–Kier alpha value is 0.520. The van der Waals surface area contributed by atoms with E-state index >= 15 is 0 Å². The van der Waals surface area contributed by atoms with Crippen molar-refractivity contribution in [1.82, 2.24) is 0 Å². The van der Waals surface area contributed by atoms with E-state index in [0.29, 0.717) is 11.1 Å². The van der Waals surface area contributed by atoms with Gasteiger partial charge in [0.1, 0.15) is 20.2 Å². The smallest absolute Gasteiger partial charge is 0.744 e. The van der Waals surface area contributed by atoms with Crippen LogP contribution in [0.1, 0.15) is 52.7 Å². The average molecular weight is 444 g/mol. The quantitative estimate of drug-likeness (QED) is 0.367. The van der Waals surface area contributed by atoms with E-state index in [2.05, 4.69) is 0 Å². The molecule has 0 aliphatic heterocycles. The zero-order chi connectivity index (χ0) is 20.3. The van der Waals surface area contributed by atoms with Crippen molar-refractivity contribution < 1.29 is 85.1 Å². The van der Waals surface area contributed by atoms with Crippen LogP contribution < -0.4 is 59.1 Å². The van der Waals surface area contributed by atoms with Crippen molar-refractivity contribution in [3.8, 4) is 0 Å². The minimum absolute atomic E-state index is 0. The minimum Gasteiger partial charge on any atom is -0.744 e. The summed E-state index contributed by atoms with van der Waals surface area (Å²) < 4.78 is 71.2. The summed E-state index contributed by atoms with van der Waals surface area (Å²) in [5, 5.41) is -0.0929. The molecule has 144 valence electrons. The van der Waals surface area contributed by atoms with Crippen LogP contribution in [0.3, 0.4) is 0 Å². The fourth-order valence-electron chi connectivity index (χ4n) is 2.68. The van der Waals surface area contributed by atoms with Gasteiger partial charge in [0, 0.05) is 10.8 Å². The van der Waals surface area contributed by atoms with E-state index in [4.69, 9.17) is 0 Å². The largest absolute Gasteiger partial charge is 1.00 e. The molecule has 0 atom stereocenters. The summed E-state index contributed by atoms with van der Waals surface area (Å²) in [6.45, 7) is 10.8. The topological polar surface area (TPSA) is 114 Å². The van der Waals surface area contributed by atoms with Gasteiger partial charge in [0.15, 0.2) is 0 Å². The van der Waals surface area contributed by atoms with Crippen molar-refractivity contribution in [1.29, 1.82) is 0 Å². The van der Waals surface area contributed by atoms with E-state index in [9.17, 15) is 25.9 Å². The summed E-state index contributed by atoms with van der Waals surface area (Å²) in [7, 11) is -9.77. The van der Waals surface area contributed by atoms with E-state index in [-0.39, 0.29) is 69.9 Å². The van der Waals surface area contributed by atoms with Crippen molar-refractivity contribution in [3.63, 3.8) is 0 Å². The van der Waals surface area contributed by atoms with Crippen molar-refractivity contribution >= 4 is 31.0 Å². The first-order chi connectivity index (χ1) is 11.4. The minimum atomic E-state index is -4.88. The van der Waals surface area contributed by atoms with Gasteiger partial charge in [-0.15, -0.1) is 0 Å². The molecule has 0 spiro atoms. The van der Waals surface area contributed by atoms with Crippen LogP contribution in [-0.2, 0) is 31.1 Å². The zero-order valence-corrected chi connectivity index (χ0v) is 23.2. The van der Waals surface area contributed by atoms with Gasteiger partial charge in [-0.1, -0.05) is 41.5 Å². The van der Waals surface area contributed by atoms with E-state index in [0.717, 1.165) is 0 Å².